The SMILES string of the molecule is CC(C)CC(=O)N(Cc1ccccc1OS(=O)(=O)c1ccc(F)cc1)C[C@H]1CCCO1. The maximum Gasteiger partial charge on any atom is 0.339 e. The summed E-state index contributed by atoms with van der Waals surface area (Å²) in [5.74, 6) is -0.208. The van der Waals surface area contributed by atoms with Crippen molar-refractivity contribution in [2.75, 3.05) is 13.2 Å². The first-order chi connectivity index (χ1) is 14.7. The van der Waals surface area contributed by atoms with Gasteiger partial charge in [-0.15, -0.1) is 0 Å². The minimum Gasteiger partial charge on any atom is -0.379 e. The van der Waals surface area contributed by atoms with Crippen LogP contribution in [0.2, 0.25) is 0 Å². The van der Waals surface area contributed by atoms with Crippen molar-refractivity contribution >= 4 is 16.0 Å². The number of ether oxygens (including phenoxy) is 1. The van der Waals surface area contributed by atoms with Gasteiger partial charge >= 0.3 is 10.1 Å². The first kappa shape index (κ1) is 23.2. The monoisotopic (exact) mass is 449 g/mol. The van der Waals surface area contributed by atoms with Crippen molar-refractivity contribution in [3.63, 3.8) is 0 Å². The van der Waals surface area contributed by atoms with Crippen LogP contribution in [0, 0.1) is 11.7 Å². The van der Waals surface area contributed by atoms with Crippen LogP contribution in [-0.4, -0.2) is 38.5 Å². The first-order valence-corrected chi connectivity index (χ1v) is 11.8. The zero-order valence-electron chi connectivity index (χ0n) is 17.8. The highest BCUT2D eigenvalue weighted by molar-refractivity contribution is 7.87. The van der Waals surface area contributed by atoms with E-state index in [1.54, 1.807) is 29.2 Å². The molecule has 2 aromatic rings. The minimum atomic E-state index is -4.14. The molecule has 1 aliphatic heterocycles. The average Bonchev–Trinajstić information content (AvgIpc) is 3.21. The zero-order chi connectivity index (χ0) is 22.4. The fourth-order valence-corrected chi connectivity index (χ4v) is 4.42. The lowest BCUT2D eigenvalue weighted by molar-refractivity contribution is -0.134. The topological polar surface area (TPSA) is 72.9 Å². The van der Waals surface area contributed by atoms with E-state index in [1.807, 2.05) is 13.8 Å². The van der Waals surface area contributed by atoms with Gasteiger partial charge in [-0.05, 0) is 49.1 Å². The Bertz CT molecular complexity index is 985. The van der Waals surface area contributed by atoms with Crippen molar-refractivity contribution in [1.29, 1.82) is 0 Å². The number of benzene rings is 2. The van der Waals surface area contributed by atoms with Gasteiger partial charge in [0.1, 0.15) is 16.5 Å². The molecule has 168 valence electrons. The number of para-hydroxylation sites is 1. The Morgan fingerprint density at radius 1 is 1.19 bits per heavy atom. The van der Waals surface area contributed by atoms with Gasteiger partial charge in [0.15, 0.2) is 0 Å². The number of hydrogen-bond acceptors (Lipinski definition) is 5. The molecule has 1 heterocycles. The maximum atomic E-state index is 13.2. The maximum absolute atomic E-state index is 13.2. The number of nitrogens with zero attached hydrogens (tertiary/aromatic N) is 1. The van der Waals surface area contributed by atoms with Crippen molar-refractivity contribution in [3.05, 3.63) is 59.9 Å². The van der Waals surface area contributed by atoms with Crippen LogP contribution in [0.15, 0.2) is 53.4 Å². The molecule has 1 atom stereocenters. The third-order valence-electron chi connectivity index (χ3n) is 5.02. The number of rotatable bonds is 9. The lowest BCUT2D eigenvalue weighted by Crippen LogP contribution is -2.37. The molecule has 1 aliphatic rings. The predicted octanol–water partition coefficient (Wildman–Crippen LogP) is 4.15. The van der Waals surface area contributed by atoms with Crippen LogP contribution < -0.4 is 4.18 Å². The lowest BCUT2D eigenvalue weighted by Gasteiger charge is -2.27. The van der Waals surface area contributed by atoms with Crippen molar-refractivity contribution in [1.82, 2.24) is 4.90 Å². The van der Waals surface area contributed by atoms with Crippen LogP contribution in [0.1, 0.15) is 38.7 Å². The van der Waals surface area contributed by atoms with E-state index in [0.29, 0.717) is 25.1 Å². The molecule has 0 N–H and O–H groups in total. The van der Waals surface area contributed by atoms with Crippen molar-refractivity contribution in [3.8, 4) is 5.75 Å². The van der Waals surface area contributed by atoms with Gasteiger partial charge < -0.3 is 13.8 Å². The molecule has 1 saturated heterocycles. The summed E-state index contributed by atoms with van der Waals surface area (Å²) >= 11 is 0. The van der Waals surface area contributed by atoms with E-state index < -0.39 is 15.9 Å². The second-order valence-corrected chi connectivity index (χ2v) is 9.65. The van der Waals surface area contributed by atoms with Crippen LogP contribution in [0.4, 0.5) is 4.39 Å². The van der Waals surface area contributed by atoms with Gasteiger partial charge in [0, 0.05) is 31.7 Å². The molecule has 0 radical (unpaired) electrons. The van der Waals surface area contributed by atoms with Crippen molar-refractivity contribution < 1.29 is 26.5 Å². The Labute approximate surface area is 183 Å². The molecule has 3 rings (SSSR count). The summed E-state index contributed by atoms with van der Waals surface area (Å²) in [6.07, 6.45) is 2.23. The van der Waals surface area contributed by atoms with Gasteiger partial charge in [-0.3, -0.25) is 4.79 Å². The number of carbonyl (C=O) groups is 1. The molecule has 0 spiro atoms. The highest BCUT2D eigenvalue weighted by Gasteiger charge is 2.25. The Balaban J connectivity index is 1.82. The predicted molar refractivity (Wildman–Crippen MR) is 115 cm³/mol. The van der Waals surface area contributed by atoms with Crippen molar-refractivity contribution in [2.24, 2.45) is 5.92 Å². The highest BCUT2D eigenvalue weighted by atomic mass is 32.2. The fourth-order valence-electron chi connectivity index (χ4n) is 3.46. The van der Waals surface area contributed by atoms with E-state index in [0.717, 1.165) is 37.1 Å². The fraction of sp³-hybridized carbons (Fsp3) is 0.435. The normalized spacial score (nSPS) is 16.5. The van der Waals surface area contributed by atoms with E-state index in [9.17, 15) is 17.6 Å². The molecule has 31 heavy (non-hydrogen) atoms. The van der Waals surface area contributed by atoms with E-state index in [2.05, 4.69) is 0 Å². The number of amides is 1. The Morgan fingerprint density at radius 2 is 1.90 bits per heavy atom. The molecule has 1 amide bonds. The van der Waals surface area contributed by atoms with Gasteiger partial charge in [0.05, 0.1) is 6.10 Å². The van der Waals surface area contributed by atoms with Gasteiger partial charge in [-0.1, -0.05) is 32.0 Å². The summed E-state index contributed by atoms with van der Waals surface area (Å²) in [6.45, 7) is 5.31. The van der Waals surface area contributed by atoms with E-state index in [4.69, 9.17) is 8.92 Å². The molecule has 8 heteroatoms. The van der Waals surface area contributed by atoms with Crippen molar-refractivity contribution in [2.45, 2.75) is 50.7 Å². The summed E-state index contributed by atoms with van der Waals surface area (Å²) < 4.78 is 49.6. The Morgan fingerprint density at radius 3 is 2.55 bits per heavy atom. The van der Waals surface area contributed by atoms with E-state index in [-0.39, 0.29) is 35.1 Å². The quantitative estimate of drug-likeness (QED) is 0.538. The summed E-state index contributed by atoms with van der Waals surface area (Å²) in [7, 11) is -4.14. The van der Waals surface area contributed by atoms with Crippen LogP contribution in [0.3, 0.4) is 0 Å². The van der Waals surface area contributed by atoms with Gasteiger partial charge in [0.2, 0.25) is 5.91 Å². The average molecular weight is 450 g/mol. The summed E-state index contributed by atoms with van der Waals surface area (Å²) in [5.41, 5.74) is 0.572. The van der Waals surface area contributed by atoms with Crippen LogP contribution in [-0.2, 0) is 26.2 Å². The Kier molecular flexibility index (Phi) is 7.67. The lowest BCUT2D eigenvalue weighted by atomic mass is 10.1. The summed E-state index contributed by atoms with van der Waals surface area (Å²) in [4.78, 5) is 14.4. The van der Waals surface area contributed by atoms with E-state index >= 15 is 0 Å². The van der Waals surface area contributed by atoms with E-state index in [1.165, 1.54) is 0 Å². The van der Waals surface area contributed by atoms with Gasteiger partial charge in [-0.2, -0.15) is 8.42 Å². The molecular weight excluding hydrogens is 421 g/mol. The molecule has 6 nitrogen and oxygen atoms in total. The molecule has 0 bridgehead atoms. The Hall–Kier alpha value is -2.45. The molecule has 0 aliphatic carbocycles. The molecule has 2 aromatic carbocycles. The summed E-state index contributed by atoms with van der Waals surface area (Å²) in [5, 5.41) is 0. The highest BCUT2D eigenvalue weighted by Crippen LogP contribution is 2.26. The first-order valence-electron chi connectivity index (χ1n) is 10.4. The second-order valence-electron chi connectivity index (χ2n) is 8.11. The molecule has 0 unspecified atom stereocenters. The smallest absolute Gasteiger partial charge is 0.339 e. The molecule has 0 aromatic heterocycles. The molecule has 0 saturated carbocycles. The molecular formula is C23H28FNO5S. The van der Waals surface area contributed by atoms with Gasteiger partial charge in [-0.25, -0.2) is 4.39 Å². The third kappa shape index (κ3) is 6.51. The standard InChI is InChI=1S/C23H28FNO5S/c1-17(2)14-23(26)25(16-20-7-5-13-29-20)15-18-6-3-4-8-22(18)30-31(27,28)21-11-9-19(24)10-12-21/h3-4,6,8-12,17,20H,5,7,13-16H2,1-2H3/t20-/m1/s1. The second kappa shape index (κ2) is 10.2. The number of carbonyl (C=O) groups excluding carboxylic acids is 1. The number of hydrogen-bond donors (Lipinski definition) is 0. The van der Waals surface area contributed by atoms with Crippen LogP contribution in [0.5, 0.6) is 5.75 Å². The minimum absolute atomic E-state index is 0.0123. The third-order valence-corrected chi connectivity index (χ3v) is 6.27. The summed E-state index contributed by atoms with van der Waals surface area (Å²) in [6, 6.07) is 11.2. The largest absolute Gasteiger partial charge is 0.379 e. The van der Waals surface area contributed by atoms with Crippen LogP contribution in [0.25, 0.3) is 0 Å². The van der Waals surface area contributed by atoms with Crippen LogP contribution >= 0.6 is 0 Å². The molecule has 1 fully saturated rings. The number of halogens is 1. The zero-order valence-corrected chi connectivity index (χ0v) is 18.6. The van der Waals surface area contributed by atoms with Gasteiger partial charge in [0.25, 0.3) is 0 Å².